The summed E-state index contributed by atoms with van der Waals surface area (Å²) in [6.45, 7) is 1.41. The van der Waals surface area contributed by atoms with Gasteiger partial charge in [-0.25, -0.2) is 8.42 Å². The van der Waals surface area contributed by atoms with Gasteiger partial charge in [-0.2, -0.15) is 4.31 Å². The number of benzene rings is 1. The van der Waals surface area contributed by atoms with Gasteiger partial charge in [0.05, 0.1) is 4.90 Å². The van der Waals surface area contributed by atoms with Crippen molar-refractivity contribution in [3.05, 3.63) is 29.3 Å². The number of halogens is 2. The highest BCUT2D eigenvalue weighted by Gasteiger charge is 2.31. The van der Waals surface area contributed by atoms with E-state index in [-0.39, 0.29) is 23.3 Å². The number of nitrogens with zero attached hydrogens (tertiary/aromatic N) is 1. The molecule has 1 N–H and O–H groups in total. The van der Waals surface area contributed by atoms with E-state index in [2.05, 4.69) is 5.32 Å². The lowest BCUT2D eigenvalue weighted by atomic mass is 10.2. The minimum Gasteiger partial charge on any atom is -0.313 e. The first kappa shape index (κ1) is 14.7. The molecule has 2 rings (SSSR count). The Morgan fingerprint density at radius 3 is 2.53 bits per heavy atom. The summed E-state index contributed by atoms with van der Waals surface area (Å²) in [5.74, 6) is 0. The summed E-state index contributed by atoms with van der Waals surface area (Å²) in [6, 6.07) is 6.38. The molecule has 0 unspecified atom stereocenters. The average molecular weight is 297 g/mol. The molecule has 0 amide bonds. The Kier molecular flexibility index (Phi) is 4.80. The summed E-state index contributed by atoms with van der Waals surface area (Å²) in [5.41, 5.74) is 0. The Bertz CT molecular complexity index is 489. The van der Waals surface area contributed by atoms with E-state index in [9.17, 15) is 8.42 Å². The fourth-order valence-electron chi connectivity index (χ4n) is 1.52. The van der Waals surface area contributed by atoms with Gasteiger partial charge >= 0.3 is 0 Å². The Hall–Kier alpha value is -0.330. The molecule has 96 valence electrons. The summed E-state index contributed by atoms with van der Waals surface area (Å²) >= 11 is 5.79. The van der Waals surface area contributed by atoms with Crippen molar-refractivity contribution in [2.75, 3.05) is 20.1 Å². The molecule has 0 saturated carbocycles. The second-order valence-corrected chi connectivity index (χ2v) is 6.22. The van der Waals surface area contributed by atoms with E-state index >= 15 is 0 Å². The molecule has 1 heterocycles. The minimum atomic E-state index is -3.41. The van der Waals surface area contributed by atoms with Gasteiger partial charge in [0, 0.05) is 31.2 Å². The highest BCUT2D eigenvalue weighted by molar-refractivity contribution is 7.89. The third kappa shape index (κ3) is 2.92. The maximum absolute atomic E-state index is 12.2. The van der Waals surface area contributed by atoms with Crippen molar-refractivity contribution in [3.63, 3.8) is 0 Å². The van der Waals surface area contributed by atoms with E-state index in [1.54, 1.807) is 25.2 Å². The first-order valence-electron chi connectivity index (χ1n) is 4.96. The molecule has 1 saturated heterocycles. The molecule has 0 aromatic heterocycles. The Labute approximate surface area is 112 Å². The van der Waals surface area contributed by atoms with Gasteiger partial charge < -0.3 is 5.32 Å². The minimum absolute atomic E-state index is 0. The summed E-state index contributed by atoms with van der Waals surface area (Å²) in [6.07, 6.45) is 0. The number of rotatable bonds is 3. The lowest BCUT2D eigenvalue weighted by Gasteiger charge is -2.34. The van der Waals surface area contributed by atoms with Crippen molar-refractivity contribution in [2.24, 2.45) is 0 Å². The number of sulfonamides is 1. The molecule has 0 spiro atoms. The van der Waals surface area contributed by atoms with Crippen LogP contribution in [0.1, 0.15) is 0 Å². The van der Waals surface area contributed by atoms with Gasteiger partial charge in [0.2, 0.25) is 10.0 Å². The highest BCUT2D eigenvalue weighted by Crippen LogP contribution is 2.20. The van der Waals surface area contributed by atoms with E-state index in [1.807, 2.05) is 0 Å². The van der Waals surface area contributed by atoms with E-state index < -0.39 is 10.0 Å². The normalized spacial score (nSPS) is 16.4. The van der Waals surface area contributed by atoms with Gasteiger partial charge in [0.1, 0.15) is 0 Å². The van der Waals surface area contributed by atoms with Crippen LogP contribution in [0.4, 0.5) is 0 Å². The van der Waals surface area contributed by atoms with Crippen molar-refractivity contribution in [2.45, 2.75) is 10.9 Å². The Balaban J connectivity index is 0.00000144. The van der Waals surface area contributed by atoms with Gasteiger partial charge in [-0.05, 0) is 18.2 Å². The molecule has 1 aliphatic rings. The van der Waals surface area contributed by atoms with Crippen molar-refractivity contribution in [3.8, 4) is 0 Å². The summed E-state index contributed by atoms with van der Waals surface area (Å²) in [5, 5.41) is 3.48. The van der Waals surface area contributed by atoms with Crippen LogP contribution in [-0.2, 0) is 10.0 Å². The van der Waals surface area contributed by atoms with Crippen molar-refractivity contribution in [1.82, 2.24) is 9.62 Å². The van der Waals surface area contributed by atoms with Crippen molar-refractivity contribution in [1.29, 1.82) is 0 Å². The third-order valence-electron chi connectivity index (χ3n) is 2.75. The summed E-state index contributed by atoms with van der Waals surface area (Å²) < 4.78 is 25.7. The standard InChI is InChI=1S/C10H13ClN2O2S.ClH/c1-13(9-6-12-7-9)16(14,15)10-4-2-3-8(11)5-10;/h2-5,9,12H,6-7H2,1H3;1H. The maximum Gasteiger partial charge on any atom is 0.243 e. The fourth-order valence-corrected chi connectivity index (χ4v) is 3.18. The second-order valence-electron chi connectivity index (χ2n) is 3.79. The van der Waals surface area contributed by atoms with Crippen LogP contribution in [0.5, 0.6) is 0 Å². The first-order valence-corrected chi connectivity index (χ1v) is 6.78. The van der Waals surface area contributed by atoms with E-state index in [0.29, 0.717) is 18.1 Å². The monoisotopic (exact) mass is 296 g/mol. The number of hydrogen-bond acceptors (Lipinski definition) is 3. The van der Waals surface area contributed by atoms with Crippen LogP contribution >= 0.6 is 24.0 Å². The van der Waals surface area contributed by atoms with Crippen LogP contribution in [0.2, 0.25) is 5.02 Å². The van der Waals surface area contributed by atoms with Crippen LogP contribution in [0, 0.1) is 0 Å². The van der Waals surface area contributed by atoms with E-state index in [0.717, 1.165) is 0 Å². The molecule has 4 nitrogen and oxygen atoms in total. The van der Waals surface area contributed by atoms with Crippen molar-refractivity contribution < 1.29 is 8.42 Å². The summed E-state index contributed by atoms with van der Waals surface area (Å²) in [4.78, 5) is 0.245. The fraction of sp³-hybridized carbons (Fsp3) is 0.400. The molecular weight excluding hydrogens is 283 g/mol. The largest absolute Gasteiger partial charge is 0.313 e. The van der Waals surface area contributed by atoms with Gasteiger partial charge in [-0.3, -0.25) is 0 Å². The number of nitrogens with one attached hydrogen (secondary N) is 1. The van der Waals surface area contributed by atoms with Crippen LogP contribution < -0.4 is 5.32 Å². The van der Waals surface area contributed by atoms with Crippen LogP contribution in [-0.4, -0.2) is 38.9 Å². The predicted octanol–water partition coefficient (Wildman–Crippen LogP) is 1.35. The van der Waals surface area contributed by atoms with E-state index in [1.165, 1.54) is 10.4 Å². The lowest BCUT2D eigenvalue weighted by Crippen LogP contribution is -2.57. The molecular formula is C10H14Cl2N2O2S. The summed E-state index contributed by atoms with van der Waals surface area (Å²) in [7, 11) is -1.81. The van der Waals surface area contributed by atoms with Gasteiger partial charge in [0.15, 0.2) is 0 Å². The molecule has 0 bridgehead atoms. The van der Waals surface area contributed by atoms with E-state index in [4.69, 9.17) is 11.6 Å². The molecule has 1 aromatic carbocycles. The zero-order chi connectivity index (χ0) is 11.8. The molecule has 0 aliphatic carbocycles. The quantitative estimate of drug-likeness (QED) is 0.916. The van der Waals surface area contributed by atoms with Gasteiger partial charge in [-0.15, -0.1) is 12.4 Å². The highest BCUT2D eigenvalue weighted by atomic mass is 35.5. The molecule has 7 heteroatoms. The van der Waals surface area contributed by atoms with Gasteiger partial charge in [0.25, 0.3) is 0 Å². The van der Waals surface area contributed by atoms with Crippen molar-refractivity contribution >= 4 is 34.0 Å². The number of hydrogen-bond donors (Lipinski definition) is 1. The molecule has 0 radical (unpaired) electrons. The first-order chi connectivity index (χ1) is 7.51. The van der Waals surface area contributed by atoms with Gasteiger partial charge in [-0.1, -0.05) is 17.7 Å². The molecule has 1 fully saturated rings. The molecule has 0 atom stereocenters. The lowest BCUT2D eigenvalue weighted by molar-refractivity contribution is 0.274. The number of likely N-dealkylation sites (N-methyl/N-ethyl adjacent to an activating group) is 1. The maximum atomic E-state index is 12.2. The predicted molar refractivity (Wildman–Crippen MR) is 70.3 cm³/mol. The average Bonchev–Trinajstić information content (AvgIpc) is 2.15. The molecule has 1 aliphatic heterocycles. The smallest absolute Gasteiger partial charge is 0.243 e. The third-order valence-corrected chi connectivity index (χ3v) is 4.89. The molecule has 1 aromatic rings. The second kappa shape index (κ2) is 5.54. The topological polar surface area (TPSA) is 49.4 Å². The Morgan fingerprint density at radius 2 is 2.06 bits per heavy atom. The SMILES string of the molecule is CN(C1CNC1)S(=O)(=O)c1cccc(Cl)c1.Cl. The molecule has 17 heavy (non-hydrogen) atoms. The van der Waals surface area contributed by atoms with Crippen LogP contribution in [0.25, 0.3) is 0 Å². The zero-order valence-electron chi connectivity index (χ0n) is 9.26. The Morgan fingerprint density at radius 1 is 1.41 bits per heavy atom. The zero-order valence-corrected chi connectivity index (χ0v) is 11.6. The van der Waals surface area contributed by atoms with Crippen LogP contribution in [0.3, 0.4) is 0 Å². The van der Waals surface area contributed by atoms with Crippen LogP contribution in [0.15, 0.2) is 29.2 Å².